The van der Waals surface area contributed by atoms with E-state index in [4.69, 9.17) is 9.84 Å². The van der Waals surface area contributed by atoms with Gasteiger partial charge in [-0.05, 0) is 30.9 Å². The zero-order valence-corrected chi connectivity index (χ0v) is 9.57. The van der Waals surface area contributed by atoms with E-state index in [1.165, 1.54) is 11.1 Å². The average Bonchev–Trinajstić information content (AvgIpc) is 2.27. The van der Waals surface area contributed by atoms with Crippen molar-refractivity contribution in [2.24, 2.45) is 0 Å². The SMILES string of the molecule is CCCOC(C)c1ccc(CCO)cc1. The first-order chi connectivity index (χ1) is 7.27. The smallest absolute Gasteiger partial charge is 0.0796 e. The molecule has 0 aliphatic carbocycles. The lowest BCUT2D eigenvalue weighted by Crippen LogP contribution is -2.01. The van der Waals surface area contributed by atoms with Gasteiger partial charge in [-0.2, -0.15) is 0 Å². The summed E-state index contributed by atoms with van der Waals surface area (Å²) < 4.78 is 5.63. The predicted molar refractivity (Wildman–Crippen MR) is 61.9 cm³/mol. The Balaban J connectivity index is 2.54. The first-order valence-electron chi connectivity index (χ1n) is 5.59. The third-order valence-corrected chi connectivity index (χ3v) is 2.42. The van der Waals surface area contributed by atoms with E-state index in [1.54, 1.807) is 0 Å². The van der Waals surface area contributed by atoms with Crippen LogP contribution >= 0.6 is 0 Å². The molecule has 0 amide bonds. The van der Waals surface area contributed by atoms with Crippen LogP contribution in [0.15, 0.2) is 24.3 Å². The number of ether oxygens (including phenoxy) is 1. The van der Waals surface area contributed by atoms with E-state index < -0.39 is 0 Å². The number of aliphatic hydroxyl groups excluding tert-OH is 1. The quantitative estimate of drug-likeness (QED) is 0.779. The van der Waals surface area contributed by atoms with Gasteiger partial charge in [0, 0.05) is 13.2 Å². The molecule has 1 N–H and O–H groups in total. The Hall–Kier alpha value is -0.860. The topological polar surface area (TPSA) is 29.5 Å². The van der Waals surface area contributed by atoms with E-state index >= 15 is 0 Å². The normalized spacial score (nSPS) is 12.7. The minimum absolute atomic E-state index is 0.160. The van der Waals surface area contributed by atoms with Gasteiger partial charge in [0.25, 0.3) is 0 Å². The van der Waals surface area contributed by atoms with Crippen LogP contribution in [0.25, 0.3) is 0 Å². The van der Waals surface area contributed by atoms with Gasteiger partial charge in [0.05, 0.1) is 6.10 Å². The standard InChI is InChI=1S/C13H20O2/c1-3-10-15-11(2)13-6-4-12(5-7-13)8-9-14/h4-7,11,14H,3,8-10H2,1-2H3. The van der Waals surface area contributed by atoms with Crippen LogP contribution in [0.2, 0.25) is 0 Å². The number of hydrogen-bond donors (Lipinski definition) is 1. The van der Waals surface area contributed by atoms with Crippen molar-refractivity contribution in [2.45, 2.75) is 32.8 Å². The number of hydrogen-bond acceptors (Lipinski definition) is 2. The second-order valence-electron chi connectivity index (χ2n) is 3.73. The van der Waals surface area contributed by atoms with Gasteiger partial charge >= 0.3 is 0 Å². The maximum atomic E-state index is 8.79. The van der Waals surface area contributed by atoms with Crippen LogP contribution in [0.5, 0.6) is 0 Å². The molecule has 2 heteroatoms. The first-order valence-corrected chi connectivity index (χ1v) is 5.59. The maximum Gasteiger partial charge on any atom is 0.0796 e. The summed E-state index contributed by atoms with van der Waals surface area (Å²) in [7, 11) is 0. The predicted octanol–water partition coefficient (Wildman–Crippen LogP) is 2.71. The van der Waals surface area contributed by atoms with Crippen molar-refractivity contribution in [2.75, 3.05) is 13.2 Å². The molecule has 15 heavy (non-hydrogen) atoms. The molecule has 2 nitrogen and oxygen atoms in total. The second-order valence-corrected chi connectivity index (χ2v) is 3.73. The molecule has 1 aromatic rings. The Morgan fingerprint density at radius 1 is 1.27 bits per heavy atom. The molecule has 1 aromatic carbocycles. The van der Waals surface area contributed by atoms with Crippen molar-refractivity contribution in [3.8, 4) is 0 Å². The van der Waals surface area contributed by atoms with Crippen molar-refractivity contribution in [3.05, 3.63) is 35.4 Å². The van der Waals surface area contributed by atoms with Gasteiger partial charge in [0.2, 0.25) is 0 Å². The third kappa shape index (κ3) is 4.02. The summed E-state index contributed by atoms with van der Waals surface area (Å²) in [6, 6.07) is 8.26. The number of aliphatic hydroxyl groups is 1. The molecular formula is C13H20O2. The highest BCUT2D eigenvalue weighted by Gasteiger charge is 2.04. The van der Waals surface area contributed by atoms with Crippen LogP contribution in [-0.2, 0) is 11.2 Å². The largest absolute Gasteiger partial charge is 0.396 e. The molecule has 0 aromatic heterocycles. The van der Waals surface area contributed by atoms with E-state index in [0.29, 0.717) is 0 Å². The lowest BCUT2D eigenvalue weighted by Gasteiger charge is -2.13. The molecule has 1 atom stereocenters. The Kier molecular flexibility index (Phi) is 5.37. The number of rotatable bonds is 6. The highest BCUT2D eigenvalue weighted by Crippen LogP contribution is 2.17. The fourth-order valence-electron chi connectivity index (χ4n) is 1.48. The van der Waals surface area contributed by atoms with Crippen LogP contribution in [0.4, 0.5) is 0 Å². The Bertz CT molecular complexity index is 266. The Morgan fingerprint density at radius 2 is 1.93 bits per heavy atom. The van der Waals surface area contributed by atoms with Gasteiger partial charge in [0.15, 0.2) is 0 Å². The fraction of sp³-hybridized carbons (Fsp3) is 0.538. The molecule has 0 heterocycles. The average molecular weight is 208 g/mol. The summed E-state index contributed by atoms with van der Waals surface area (Å²) in [5.74, 6) is 0. The van der Waals surface area contributed by atoms with Gasteiger partial charge in [-0.1, -0.05) is 31.2 Å². The lowest BCUT2D eigenvalue weighted by molar-refractivity contribution is 0.0662. The molecule has 0 radical (unpaired) electrons. The summed E-state index contributed by atoms with van der Waals surface area (Å²) >= 11 is 0. The van der Waals surface area contributed by atoms with Gasteiger partial charge in [-0.15, -0.1) is 0 Å². The molecule has 0 saturated carbocycles. The summed E-state index contributed by atoms with van der Waals surface area (Å²) in [6.07, 6.45) is 1.94. The molecule has 0 aliphatic rings. The van der Waals surface area contributed by atoms with Crippen LogP contribution in [0, 0.1) is 0 Å². The van der Waals surface area contributed by atoms with Crippen LogP contribution in [-0.4, -0.2) is 18.3 Å². The molecule has 0 spiro atoms. The van der Waals surface area contributed by atoms with Gasteiger partial charge in [-0.3, -0.25) is 0 Å². The molecule has 1 rings (SSSR count). The van der Waals surface area contributed by atoms with Crippen molar-refractivity contribution < 1.29 is 9.84 Å². The van der Waals surface area contributed by atoms with Gasteiger partial charge < -0.3 is 9.84 Å². The first kappa shape index (κ1) is 12.2. The van der Waals surface area contributed by atoms with E-state index in [9.17, 15) is 0 Å². The van der Waals surface area contributed by atoms with Gasteiger partial charge in [-0.25, -0.2) is 0 Å². The molecule has 0 saturated heterocycles. The lowest BCUT2D eigenvalue weighted by atomic mass is 10.1. The Morgan fingerprint density at radius 3 is 2.47 bits per heavy atom. The second kappa shape index (κ2) is 6.59. The summed E-state index contributed by atoms with van der Waals surface area (Å²) in [6.45, 7) is 5.19. The van der Waals surface area contributed by atoms with E-state index in [-0.39, 0.29) is 12.7 Å². The van der Waals surface area contributed by atoms with Crippen molar-refractivity contribution in [3.63, 3.8) is 0 Å². The minimum Gasteiger partial charge on any atom is -0.396 e. The highest BCUT2D eigenvalue weighted by atomic mass is 16.5. The molecule has 0 aliphatic heterocycles. The minimum atomic E-state index is 0.160. The van der Waals surface area contributed by atoms with Crippen LogP contribution < -0.4 is 0 Å². The van der Waals surface area contributed by atoms with Crippen LogP contribution in [0.3, 0.4) is 0 Å². The van der Waals surface area contributed by atoms with E-state index in [1.807, 2.05) is 0 Å². The molecule has 84 valence electrons. The van der Waals surface area contributed by atoms with Crippen molar-refractivity contribution >= 4 is 0 Å². The fourth-order valence-corrected chi connectivity index (χ4v) is 1.48. The molecular weight excluding hydrogens is 188 g/mol. The maximum absolute atomic E-state index is 8.79. The molecule has 0 fully saturated rings. The highest BCUT2D eigenvalue weighted by molar-refractivity contribution is 5.24. The summed E-state index contributed by atoms with van der Waals surface area (Å²) in [5.41, 5.74) is 2.37. The number of benzene rings is 1. The van der Waals surface area contributed by atoms with Crippen LogP contribution in [0.1, 0.15) is 37.5 Å². The van der Waals surface area contributed by atoms with Gasteiger partial charge in [0.1, 0.15) is 0 Å². The van der Waals surface area contributed by atoms with E-state index in [2.05, 4.69) is 38.1 Å². The van der Waals surface area contributed by atoms with E-state index in [0.717, 1.165) is 19.4 Å². The van der Waals surface area contributed by atoms with Crippen molar-refractivity contribution in [1.82, 2.24) is 0 Å². The Labute approximate surface area is 91.9 Å². The summed E-state index contributed by atoms with van der Waals surface area (Å²) in [4.78, 5) is 0. The monoisotopic (exact) mass is 208 g/mol. The molecule has 1 unspecified atom stereocenters. The van der Waals surface area contributed by atoms with Crippen molar-refractivity contribution in [1.29, 1.82) is 0 Å². The molecule has 0 bridgehead atoms. The third-order valence-electron chi connectivity index (χ3n) is 2.42. The zero-order chi connectivity index (χ0) is 11.1. The summed E-state index contributed by atoms with van der Waals surface area (Å²) in [5, 5.41) is 8.79. The zero-order valence-electron chi connectivity index (χ0n) is 9.57.